The second-order valence-electron chi connectivity index (χ2n) is 8.50. The molecule has 1 aliphatic rings. The van der Waals surface area contributed by atoms with Crippen molar-refractivity contribution in [2.75, 3.05) is 0 Å². The van der Waals surface area contributed by atoms with Gasteiger partial charge in [0.25, 0.3) is 0 Å². The molecule has 0 saturated carbocycles. The number of carbonyl (C=O) groups excluding carboxylic acids is 1. The number of hydrogen-bond acceptors (Lipinski definition) is 4. The molecule has 1 heterocycles. The molecule has 2 aromatic carbocycles. The quantitative estimate of drug-likeness (QED) is 0.310. The lowest BCUT2D eigenvalue weighted by Gasteiger charge is -2.42. The Hall–Kier alpha value is -1.45. The van der Waals surface area contributed by atoms with E-state index in [0.717, 1.165) is 11.1 Å². The van der Waals surface area contributed by atoms with Crippen molar-refractivity contribution in [2.45, 2.75) is 67.0 Å². The Balaban J connectivity index is 2.26. The van der Waals surface area contributed by atoms with Crippen LogP contribution in [0.4, 0.5) is 0 Å². The summed E-state index contributed by atoms with van der Waals surface area (Å²) in [6.07, 6.45) is 0.0183. The average molecular weight is 541 g/mol. The van der Waals surface area contributed by atoms with Gasteiger partial charge in [-0.2, -0.15) is 4.31 Å². The van der Waals surface area contributed by atoms with E-state index in [9.17, 15) is 13.2 Å². The van der Waals surface area contributed by atoms with E-state index in [4.69, 9.17) is 4.74 Å². The second-order valence-corrected chi connectivity index (χ2v) is 11.8. The minimum atomic E-state index is -4.00. The number of alkyl halides is 1. The smallest absolute Gasteiger partial charge is 0.327 e. The van der Waals surface area contributed by atoms with Crippen molar-refractivity contribution in [3.63, 3.8) is 0 Å². The van der Waals surface area contributed by atoms with Gasteiger partial charge in [0.05, 0.1) is 16.5 Å². The summed E-state index contributed by atoms with van der Waals surface area (Å²) < 4.78 is 34.8. The van der Waals surface area contributed by atoms with E-state index in [1.807, 2.05) is 44.2 Å². The third kappa shape index (κ3) is 3.80. The molecule has 2 aromatic rings. The van der Waals surface area contributed by atoms with Gasteiger partial charge in [0.15, 0.2) is 0 Å². The van der Waals surface area contributed by atoms with Crippen LogP contribution in [0, 0.1) is 6.92 Å². The largest absolute Gasteiger partial charge is 0.462 e. The third-order valence-electron chi connectivity index (χ3n) is 5.76. The molecule has 0 aromatic heterocycles. The predicted octanol–water partition coefficient (Wildman–Crippen LogP) is 4.82. The van der Waals surface area contributed by atoms with Gasteiger partial charge < -0.3 is 4.74 Å². The maximum absolute atomic E-state index is 14.0. The van der Waals surface area contributed by atoms with Crippen LogP contribution < -0.4 is 0 Å². The van der Waals surface area contributed by atoms with Crippen LogP contribution in [0.5, 0.6) is 0 Å². The van der Waals surface area contributed by atoms with Gasteiger partial charge in [-0.25, -0.2) is 8.42 Å². The zero-order chi connectivity index (χ0) is 22.3. The molecule has 0 amide bonds. The molecule has 1 aliphatic heterocycles. The molecule has 7 heteroatoms. The van der Waals surface area contributed by atoms with Crippen LogP contribution in [0.25, 0.3) is 0 Å². The van der Waals surface area contributed by atoms with Crippen molar-refractivity contribution < 1.29 is 17.9 Å². The summed E-state index contributed by atoms with van der Waals surface area (Å²) in [5.74, 6) is -0.519. The highest BCUT2D eigenvalue weighted by atomic mass is 127. The fourth-order valence-corrected chi connectivity index (χ4v) is 7.97. The number of sulfonamides is 1. The van der Waals surface area contributed by atoms with Crippen LogP contribution in [0.3, 0.4) is 0 Å². The summed E-state index contributed by atoms with van der Waals surface area (Å²) >= 11 is 2.27. The van der Waals surface area contributed by atoms with Gasteiger partial charge in [0.1, 0.15) is 5.54 Å². The van der Waals surface area contributed by atoms with Crippen molar-refractivity contribution in [1.82, 2.24) is 4.31 Å². The van der Waals surface area contributed by atoms with Crippen molar-refractivity contribution in [2.24, 2.45) is 0 Å². The van der Waals surface area contributed by atoms with E-state index in [-0.39, 0.29) is 14.9 Å². The number of aryl methyl sites for hydroxylation is 1. The molecule has 1 fully saturated rings. The maximum Gasteiger partial charge on any atom is 0.327 e. The normalized spacial score (nSPS) is 27.4. The van der Waals surface area contributed by atoms with Crippen LogP contribution in [0.1, 0.15) is 45.2 Å². The molecular weight excluding hydrogens is 513 g/mol. The lowest BCUT2D eigenvalue weighted by molar-refractivity contribution is -0.158. The Bertz CT molecular complexity index is 1020. The summed E-state index contributed by atoms with van der Waals surface area (Å²) in [5.41, 5.74) is -0.433. The molecular formula is C23H28INO4S. The number of rotatable bonds is 5. The fraction of sp³-hybridized carbons (Fsp3) is 0.435. The third-order valence-corrected chi connectivity index (χ3v) is 9.54. The summed E-state index contributed by atoms with van der Waals surface area (Å²) in [6.45, 7) is 9.04. The van der Waals surface area contributed by atoms with Gasteiger partial charge >= 0.3 is 5.97 Å². The maximum atomic E-state index is 14.0. The summed E-state index contributed by atoms with van der Waals surface area (Å²) in [5, 5.41) is 0. The monoisotopic (exact) mass is 541 g/mol. The van der Waals surface area contributed by atoms with E-state index in [1.165, 1.54) is 4.31 Å². The van der Waals surface area contributed by atoms with Crippen LogP contribution >= 0.6 is 22.6 Å². The molecule has 0 bridgehead atoms. The first-order valence-corrected chi connectivity index (χ1v) is 12.7. The van der Waals surface area contributed by atoms with Gasteiger partial charge in [-0.05, 0) is 58.7 Å². The number of hydrogen-bond donors (Lipinski definition) is 0. The molecule has 0 aliphatic carbocycles. The molecule has 5 nitrogen and oxygen atoms in total. The van der Waals surface area contributed by atoms with Crippen LogP contribution in [-0.4, -0.2) is 34.3 Å². The first kappa shape index (κ1) is 23.2. The number of esters is 1. The number of halogens is 1. The molecule has 0 radical (unpaired) electrons. The number of ether oxygens (including phenoxy) is 1. The Morgan fingerprint density at radius 3 is 2.20 bits per heavy atom. The van der Waals surface area contributed by atoms with Gasteiger partial charge in [-0.3, -0.25) is 4.79 Å². The first-order chi connectivity index (χ1) is 13.9. The van der Waals surface area contributed by atoms with E-state index >= 15 is 0 Å². The molecule has 3 atom stereocenters. The molecule has 0 unspecified atom stereocenters. The SMILES string of the molecule is Cc1ccc(S(=O)(=O)N2[C@@](C)(C(=O)OC(C)C)C[C@H](I)[C@@]2(C)c2ccccc2)cc1. The van der Waals surface area contributed by atoms with Gasteiger partial charge in [-0.15, -0.1) is 0 Å². The molecule has 1 saturated heterocycles. The van der Waals surface area contributed by atoms with E-state index in [1.54, 1.807) is 45.0 Å². The average Bonchev–Trinajstić information content (AvgIpc) is 2.90. The van der Waals surface area contributed by atoms with E-state index < -0.39 is 27.1 Å². The van der Waals surface area contributed by atoms with Crippen LogP contribution in [-0.2, 0) is 25.1 Å². The van der Waals surface area contributed by atoms with Crippen molar-refractivity contribution >= 4 is 38.6 Å². The molecule has 0 spiro atoms. The Morgan fingerprint density at radius 1 is 1.10 bits per heavy atom. The minimum absolute atomic E-state index is 0.137. The first-order valence-electron chi connectivity index (χ1n) is 9.97. The Morgan fingerprint density at radius 2 is 1.67 bits per heavy atom. The van der Waals surface area contributed by atoms with E-state index in [0.29, 0.717) is 6.42 Å². The van der Waals surface area contributed by atoms with Gasteiger partial charge in [0, 0.05) is 3.92 Å². The highest BCUT2D eigenvalue weighted by Crippen LogP contribution is 2.54. The van der Waals surface area contributed by atoms with Crippen molar-refractivity contribution in [1.29, 1.82) is 0 Å². The molecule has 30 heavy (non-hydrogen) atoms. The standard InChI is InChI=1S/C23H28INO4S/c1-16(2)29-21(26)22(4)15-20(24)23(5,18-9-7-6-8-10-18)25(22)30(27,28)19-13-11-17(3)12-14-19/h6-14,16,20H,15H2,1-5H3/t20-,22+,23+/m0/s1. The summed E-state index contributed by atoms with van der Waals surface area (Å²) in [7, 11) is -4.00. The highest BCUT2D eigenvalue weighted by molar-refractivity contribution is 14.1. The molecule has 162 valence electrons. The molecule has 0 N–H and O–H groups in total. The van der Waals surface area contributed by atoms with Gasteiger partial charge in [0.2, 0.25) is 10.0 Å². The van der Waals surface area contributed by atoms with Gasteiger partial charge in [-0.1, -0.05) is 70.6 Å². The lowest BCUT2D eigenvalue weighted by Crippen LogP contribution is -2.58. The minimum Gasteiger partial charge on any atom is -0.462 e. The fourth-order valence-electron chi connectivity index (χ4n) is 4.18. The topological polar surface area (TPSA) is 63.7 Å². The lowest BCUT2D eigenvalue weighted by atomic mass is 9.90. The summed E-state index contributed by atoms with van der Waals surface area (Å²) in [4.78, 5) is 13.4. The van der Waals surface area contributed by atoms with Crippen molar-refractivity contribution in [3.8, 4) is 0 Å². The Labute approximate surface area is 193 Å². The summed E-state index contributed by atoms with van der Waals surface area (Å²) in [6, 6.07) is 16.3. The highest BCUT2D eigenvalue weighted by Gasteiger charge is 2.65. The number of carbonyl (C=O) groups is 1. The predicted molar refractivity (Wildman–Crippen MR) is 126 cm³/mol. The van der Waals surface area contributed by atoms with Crippen molar-refractivity contribution in [3.05, 3.63) is 65.7 Å². The second kappa shape index (κ2) is 8.24. The van der Waals surface area contributed by atoms with Crippen LogP contribution in [0.2, 0.25) is 0 Å². The number of nitrogens with zero attached hydrogens (tertiary/aromatic N) is 1. The van der Waals surface area contributed by atoms with Crippen LogP contribution in [0.15, 0.2) is 59.5 Å². The Kier molecular flexibility index (Phi) is 6.38. The molecule has 3 rings (SSSR count). The zero-order valence-electron chi connectivity index (χ0n) is 17.9. The van der Waals surface area contributed by atoms with E-state index in [2.05, 4.69) is 22.6 Å². The zero-order valence-corrected chi connectivity index (χ0v) is 20.9. The number of benzene rings is 2.